The van der Waals surface area contributed by atoms with E-state index in [0.717, 1.165) is 32.4 Å². The van der Waals surface area contributed by atoms with Gasteiger partial charge < -0.3 is 19.7 Å². The summed E-state index contributed by atoms with van der Waals surface area (Å²) in [6, 6.07) is 17.7. The molecule has 1 aromatic heterocycles. The number of amides is 1. The van der Waals surface area contributed by atoms with E-state index in [1.165, 1.54) is 19.8 Å². The number of aromatic amines is 1. The van der Waals surface area contributed by atoms with E-state index in [0.29, 0.717) is 28.9 Å². The number of hydrogen-bond acceptors (Lipinski definition) is 7. The summed E-state index contributed by atoms with van der Waals surface area (Å²) in [6.45, 7) is 1.51. The monoisotopic (exact) mass is 499 g/mol. The number of piperidine rings is 1. The zero-order valence-corrected chi connectivity index (χ0v) is 20.9. The van der Waals surface area contributed by atoms with Crippen LogP contribution in [0.4, 0.5) is 11.8 Å². The van der Waals surface area contributed by atoms with Crippen LogP contribution in [-0.4, -0.2) is 43.2 Å². The van der Waals surface area contributed by atoms with Gasteiger partial charge >= 0.3 is 0 Å². The van der Waals surface area contributed by atoms with E-state index in [2.05, 4.69) is 50.5 Å². The number of nitriles is 1. The van der Waals surface area contributed by atoms with Crippen molar-refractivity contribution in [3.63, 3.8) is 0 Å². The van der Waals surface area contributed by atoms with Gasteiger partial charge in [-0.3, -0.25) is 14.6 Å². The molecule has 1 amide bonds. The van der Waals surface area contributed by atoms with E-state index in [1.54, 1.807) is 18.2 Å². The van der Waals surface area contributed by atoms with Gasteiger partial charge in [-0.15, -0.1) is 0 Å². The maximum absolute atomic E-state index is 13.4. The van der Waals surface area contributed by atoms with Crippen molar-refractivity contribution in [2.75, 3.05) is 37.5 Å². The Morgan fingerprint density at radius 1 is 1.05 bits per heavy atom. The molecule has 1 saturated heterocycles. The first-order chi connectivity index (χ1) is 18.0. The Bertz CT molecular complexity index is 1390. The van der Waals surface area contributed by atoms with Crippen LogP contribution in [0, 0.1) is 23.2 Å². The van der Waals surface area contributed by atoms with Gasteiger partial charge in [-0.1, -0.05) is 36.4 Å². The Hall–Kier alpha value is -4.32. The lowest BCUT2D eigenvalue weighted by atomic mass is 9.79. The SMILES string of the molecule is COc1ccc(C2c3c(nc(N4CCC(Cc5ccccc5)CC4)[nH]c3=O)NC(=O)C2C#N)cc1OC. The highest BCUT2D eigenvalue weighted by atomic mass is 16.5. The second-order valence-corrected chi connectivity index (χ2v) is 9.46. The molecule has 0 radical (unpaired) electrons. The Kier molecular flexibility index (Phi) is 6.82. The lowest BCUT2D eigenvalue weighted by Gasteiger charge is -2.34. The van der Waals surface area contributed by atoms with E-state index in [1.807, 2.05) is 6.07 Å². The minimum Gasteiger partial charge on any atom is -0.493 e. The molecule has 9 heteroatoms. The van der Waals surface area contributed by atoms with E-state index in [9.17, 15) is 14.9 Å². The van der Waals surface area contributed by atoms with Crippen molar-refractivity contribution in [3.8, 4) is 17.6 Å². The zero-order valence-electron chi connectivity index (χ0n) is 20.9. The highest BCUT2D eigenvalue weighted by Crippen LogP contribution is 2.41. The number of hydrogen-bond donors (Lipinski definition) is 2. The van der Waals surface area contributed by atoms with Crippen molar-refractivity contribution in [1.82, 2.24) is 9.97 Å². The third-order valence-corrected chi connectivity index (χ3v) is 7.30. The molecule has 0 spiro atoms. The maximum atomic E-state index is 13.4. The van der Waals surface area contributed by atoms with Crippen LogP contribution in [0.1, 0.15) is 35.4 Å². The molecular weight excluding hydrogens is 470 g/mol. The number of methoxy groups -OCH3 is 2. The number of fused-ring (bicyclic) bond motifs is 1. The summed E-state index contributed by atoms with van der Waals surface area (Å²) in [5, 5.41) is 12.5. The van der Waals surface area contributed by atoms with Crippen molar-refractivity contribution in [3.05, 3.63) is 75.6 Å². The smallest absolute Gasteiger partial charge is 0.258 e. The zero-order chi connectivity index (χ0) is 25.9. The molecule has 5 rings (SSSR count). The number of carbonyl (C=O) groups is 1. The third kappa shape index (κ3) is 4.75. The molecule has 0 aliphatic carbocycles. The van der Waals surface area contributed by atoms with Crippen LogP contribution in [0.25, 0.3) is 0 Å². The van der Waals surface area contributed by atoms with Crippen molar-refractivity contribution < 1.29 is 14.3 Å². The molecular formula is C28H29N5O4. The van der Waals surface area contributed by atoms with Crippen LogP contribution >= 0.6 is 0 Å². The highest BCUT2D eigenvalue weighted by molar-refractivity contribution is 5.98. The third-order valence-electron chi connectivity index (χ3n) is 7.30. The molecule has 1 fully saturated rings. The molecule has 9 nitrogen and oxygen atoms in total. The molecule has 0 saturated carbocycles. The standard InChI is InChI=1S/C28H29N5O4/c1-36-21-9-8-19(15-22(21)37-2)23-20(16-29)26(34)30-25-24(23)27(35)32-28(31-25)33-12-10-18(11-13-33)14-17-6-4-3-5-7-17/h3-9,15,18,20,23H,10-14H2,1-2H3,(H2,30,31,32,34,35). The van der Waals surface area contributed by atoms with E-state index < -0.39 is 17.7 Å². The molecule has 2 aliphatic rings. The predicted molar refractivity (Wildman–Crippen MR) is 139 cm³/mol. The Labute approximate surface area is 215 Å². The topological polar surface area (TPSA) is 120 Å². The molecule has 190 valence electrons. The number of nitrogens with one attached hydrogen (secondary N) is 2. The summed E-state index contributed by atoms with van der Waals surface area (Å²) in [5.74, 6) is -0.218. The van der Waals surface area contributed by atoms with Crippen molar-refractivity contribution in [2.24, 2.45) is 11.8 Å². The fraction of sp³-hybridized carbons (Fsp3) is 0.357. The molecule has 3 heterocycles. The number of benzene rings is 2. The van der Waals surface area contributed by atoms with Gasteiger partial charge in [0.15, 0.2) is 11.5 Å². The largest absolute Gasteiger partial charge is 0.493 e. The number of anilines is 2. The fourth-order valence-corrected chi connectivity index (χ4v) is 5.35. The fourth-order valence-electron chi connectivity index (χ4n) is 5.35. The number of H-pyrrole nitrogens is 1. The first-order valence-electron chi connectivity index (χ1n) is 12.4. The summed E-state index contributed by atoms with van der Waals surface area (Å²) in [6.07, 6.45) is 2.99. The molecule has 37 heavy (non-hydrogen) atoms. The van der Waals surface area contributed by atoms with Gasteiger partial charge in [0.1, 0.15) is 11.7 Å². The highest BCUT2D eigenvalue weighted by Gasteiger charge is 2.41. The van der Waals surface area contributed by atoms with Gasteiger partial charge in [0, 0.05) is 19.0 Å². The number of rotatable bonds is 6. The van der Waals surface area contributed by atoms with E-state index >= 15 is 0 Å². The summed E-state index contributed by atoms with van der Waals surface area (Å²) in [4.78, 5) is 36.0. The molecule has 0 bridgehead atoms. The van der Waals surface area contributed by atoms with Crippen LogP contribution in [0.5, 0.6) is 11.5 Å². The molecule has 2 atom stereocenters. The minimum atomic E-state index is -1.09. The van der Waals surface area contributed by atoms with Crippen molar-refractivity contribution >= 4 is 17.7 Å². The Morgan fingerprint density at radius 3 is 2.46 bits per heavy atom. The van der Waals surface area contributed by atoms with Crippen molar-refractivity contribution in [2.45, 2.75) is 25.2 Å². The second-order valence-electron chi connectivity index (χ2n) is 9.46. The van der Waals surface area contributed by atoms with Crippen LogP contribution < -0.4 is 25.2 Å². The molecule has 2 aromatic carbocycles. The van der Waals surface area contributed by atoms with Gasteiger partial charge in [0.25, 0.3) is 5.56 Å². The lowest BCUT2D eigenvalue weighted by molar-refractivity contribution is -0.119. The van der Waals surface area contributed by atoms with Gasteiger partial charge in [-0.25, -0.2) is 0 Å². The maximum Gasteiger partial charge on any atom is 0.258 e. The Balaban J connectivity index is 1.43. The number of aromatic nitrogens is 2. The molecule has 2 unspecified atom stereocenters. The van der Waals surface area contributed by atoms with Crippen LogP contribution in [-0.2, 0) is 11.2 Å². The van der Waals surface area contributed by atoms with Crippen molar-refractivity contribution in [1.29, 1.82) is 5.26 Å². The normalized spacial score (nSPS) is 19.5. The van der Waals surface area contributed by atoms with Gasteiger partial charge in [-0.2, -0.15) is 10.2 Å². The average molecular weight is 500 g/mol. The van der Waals surface area contributed by atoms with Gasteiger partial charge in [0.2, 0.25) is 11.9 Å². The van der Waals surface area contributed by atoms with Crippen LogP contribution in [0.3, 0.4) is 0 Å². The van der Waals surface area contributed by atoms with Crippen LogP contribution in [0.15, 0.2) is 53.3 Å². The number of ether oxygens (including phenoxy) is 2. The quantitative estimate of drug-likeness (QED) is 0.533. The van der Waals surface area contributed by atoms with Crippen LogP contribution in [0.2, 0.25) is 0 Å². The minimum absolute atomic E-state index is 0.196. The average Bonchev–Trinajstić information content (AvgIpc) is 2.92. The summed E-state index contributed by atoms with van der Waals surface area (Å²) >= 11 is 0. The van der Waals surface area contributed by atoms with E-state index in [4.69, 9.17) is 9.47 Å². The van der Waals surface area contributed by atoms with Gasteiger partial charge in [-0.05, 0) is 48.4 Å². The summed E-state index contributed by atoms with van der Waals surface area (Å²) in [5.41, 5.74) is 1.83. The molecule has 3 aromatic rings. The number of nitrogens with zero attached hydrogens (tertiary/aromatic N) is 3. The number of carbonyl (C=O) groups excluding carboxylic acids is 1. The van der Waals surface area contributed by atoms with Gasteiger partial charge in [0.05, 0.1) is 25.9 Å². The molecule has 2 aliphatic heterocycles. The Morgan fingerprint density at radius 2 is 1.78 bits per heavy atom. The second kappa shape index (κ2) is 10.3. The molecule has 2 N–H and O–H groups in total. The first kappa shape index (κ1) is 24.4. The summed E-state index contributed by atoms with van der Waals surface area (Å²) in [7, 11) is 3.04. The lowest BCUT2D eigenvalue weighted by Crippen LogP contribution is -2.41. The summed E-state index contributed by atoms with van der Waals surface area (Å²) < 4.78 is 10.7. The first-order valence-corrected chi connectivity index (χ1v) is 12.4. The predicted octanol–water partition coefficient (Wildman–Crippen LogP) is 3.47. The van der Waals surface area contributed by atoms with E-state index in [-0.39, 0.29) is 16.9 Å².